The Hall–Kier alpha value is -3.25. The maximum absolute atomic E-state index is 13.0. The zero-order valence-electron chi connectivity index (χ0n) is 18.5. The monoisotopic (exact) mass is 460 g/mol. The number of nitrogens with zero attached hydrogens (tertiary/aromatic N) is 1. The molecule has 1 aliphatic heterocycles. The highest BCUT2D eigenvalue weighted by Crippen LogP contribution is 2.22. The minimum absolute atomic E-state index is 0.0253. The van der Waals surface area contributed by atoms with Crippen molar-refractivity contribution in [1.29, 1.82) is 0 Å². The van der Waals surface area contributed by atoms with Gasteiger partial charge in [-0.15, -0.1) is 11.8 Å². The molecule has 1 fully saturated rings. The number of carbonyl (C=O) groups is 2. The van der Waals surface area contributed by atoms with E-state index in [-0.39, 0.29) is 11.8 Å². The molecule has 4 rings (SSSR count). The number of amides is 2. The van der Waals surface area contributed by atoms with Crippen LogP contribution in [0.15, 0.2) is 83.8 Å². The SMILES string of the molecule is O=C(Nc1ccccc1C(=O)N1CCCCC1)c1ccc(OCCSc2ccccc2)cc1. The highest BCUT2D eigenvalue weighted by molar-refractivity contribution is 7.99. The Morgan fingerprint density at radius 1 is 0.848 bits per heavy atom. The van der Waals surface area contributed by atoms with Gasteiger partial charge in [-0.3, -0.25) is 9.59 Å². The zero-order chi connectivity index (χ0) is 22.9. The number of benzene rings is 3. The Morgan fingerprint density at radius 2 is 1.55 bits per heavy atom. The standard InChI is InChI=1S/C27H28N2O3S/c30-26(28-25-12-6-5-11-24(25)27(31)29-17-7-2-8-18-29)21-13-15-22(16-14-21)32-19-20-33-23-9-3-1-4-10-23/h1,3-6,9-16H,2,7-8,17-20H2,(H,28,30). The third-order valence-corrected chi connectivity index (χ3v) is 6.51. The first-order valence-electron chi connectivity index (χ1n) is 11.3. The number of anilines is 1. The van der Waals surface area contributed by atoms with E-state index in [2.05, 4.69) is 17.4 Å². The fraction of sp³-hybridized carbons (Fsp3) is 0.259. The summed E-state index contributed by atoms with van der Waals surface area (Å²) < 4.78 is 5.80. The van der Waals surface area contributed by atoms with Crippen molar-refractivity contribution in [2.45, 2.75) is 24.2 Å². The van der Waals surface area contributed by atoms with Gasteiger partial charge in [0.05, 0.1) is 17.9 Å². The molecule has 3 aromatic rings. The fourth-order valence-corrected chi connectivity index (χ4v) is 4.53. The summed E-state index contributed by atoms with van der Waals surface area (Å²) in [6.45, 7) is 2.12. The second kappa shape index (κ2) is 11.6. The number of likely N-dealkylation sites (tertiary alicyclic amines) is 1. The van der Waals surface area contributed by atoms with Crippen LogP contribution >= 0.6 is 11.8 Å². The molecule has 1 N–H and O–H groups in total. The predicted molar refractivity (Wildman–Crippen MR) is 133 cm³/mol. The molecular weight excluding hydrogens is 432 g/mol. The minimum atomic E-state index is -0.250. The lowest BCUT2D eigenvalue weighted by Gasteiger charge is -2.27. The van der Waals surface area contributed by atoms with Crippen molar-refractivity contribution < 1.29 is 14.3 Å². The van der Waals surface area contributed by atoms with E-state index in [9.17, 15) is 9.59 Å². The van der Waals surface area contributed by atoms with Crippen LogP contribution in [0.3, 0.4) is 0 Å². The third kappa shape index (κ3) is 6.39. The van der Waals surface area contributed by atoms with E-state index in [1.807, 2.05) is 35.2 Å². The van der Waals surface area contributed by atoms with Gasteiger partial charge in [-0.1, -0.05) is 30.3 Å². The van der Waals surface area contributed by atoms with Crippen LogP contribution in [0.25, 0.3) is 0 Å². The Bertz CT molecular complexity index is 1060. The number of piperidine rings is 1. The van der Waals surface area contributed by atoms with E-state index in [0.717, 1.165) is 43.9 Å². The molecule has 3 aromatic carbocycles. The molecule has 0 bridgehead atoms. The van der Waals surface area contributed by atoms with E-state index in [1.165, 1.54) is 4.90 Å². The highest BCUT2D eigenvalue weighted by atomic mass is 32.2. The zero-order valence-corrected chi connectivity index (χ0v) is 19.4. The Morgan fingerprint density at radius 3 is 2.30 bits per heavy atom. The maximum Gasteiger partial charge on any atom is 0.255 e. The lowest BCUT2D eigenvalue weighted by atomic mass is 10.1. The van der Waals surface area contributed by atoms with E-state index in [0.29, 0.717) is 23.4 Å². The van der Waals surface area contributed by atoms with Crippen molar-refractivity contribution in [2.24, 2.45) is 0 Å². The Labute approximate surface area is 199 Å². The van der Waals surface area contributed by atoms with Gasteiger partial charge in [-0.05, 0) is 67.8 Å². The summed E-state index contributed by atoms with van der Waals surface area (Å²) in [7, 11) is 0. The van der Waals surface area contributed by atoms with Crippen LogP contribution in [0.1, 0.15) is 40.0 Å². The number of ether oxygens (including phenoxy) is 1. The molecule has 0 aromatic heterocycles. The van der Waals surface area contributed by atoms with Crippen molar-refractivity contribution in [3.8, 4) is 5.75 Å². The molecule has 0 aliphatic carbocycles. The van der Waals surface area contributed by atoms with Gasteiger partial charge in [0, 0.05) is 29.3 Å². The van der Waals surface area contributed by atoms with Gasteiger partial charge in [0.15, 0.2) is 0 Å². The van der Waals surface area contributed by atoms with Crippen LogP contribution in [0, 0.1) is 0 Å². The molecule has 0 saturated carbocycles. The molecule has 33 heavy (non-hydrogen) atoms. The molecule has 1 aliphatic rings. The van der Waals surface area contributed by atoms with Crippen LogP contribution in [-0.4, -0.2) is 42.2 Å². The van der Waals surface area contributed by atoms with Crippen LogP contribution < -0.4 is 10.1 Å². The average Bonchev–Trinajstić information content (AvgIpc) is 2.88. The summed E-state index contributed by atoms with van der Waals surface area (Å²) in [5.74, 6) is 1.29. The van der Waals surface area contributed by atoms with Crippen LogP contribution in [0.2, 0.25) is 0 Å². The number of thioether (sulfide) groups is 1. The number of nitrogens with one attached hydrogen (secondary N) is 1. The average molecular weight is 461 g/mol. The molecule has 0 unspecified atom stereocenters. The number of carbonyl (C=O) groups excluding carboxylic acids is 2. The first-order chi connectivity index (χ1) is 16.2. The minimum Gasteiger partial charge on any atom is -0.493 e. The van der Waals surface area contributed by atoms with Crippen molar-refractivity contribution in [1.82, 2.24) is 4.90 Å². The quantitative estimate of drug-likeness (QED) is 0.344. The summed E-state index contributed by atoms with van der Waals surface area (Å²) in [5.41, 5.74) is 1.58. The van der Waals surface area contributed by atoms with Gasteiger partial charge >= 0.3 is 0 Å². The number of para-hydroxylation sites is 1. The van der Waals surface area contributed by atoms with Crippen molar-refractivity contribution in [3.63, 3.8) is 0 Å². The number of hydrogen-bond acceptors (Lipinski definition) is 4. The summed E-state index contributed by atoms with van der Waals surface area (Å²) in [6.07, 6.45) is 3.22. The summed E-state index contributed by atoms with van der Waals surface area (Å²) >= 11 is 1.74. The van der Waals surface area contributed by atoms with Gasteiger partial charge in [0.1, 0.15) is 5.75 Å². The number of hydrogen-bond donors (Lipinski definition) is 1. The molecule has 5 nitrogen and oxygen atoms in total. The van der Waals surface area contributed by atoms with Gasteiger partial charge in [-0.25, -0.2) is 0 Å². The molecule has 0 atom stereocenters. The van der Waals surface area contributed by atoms with Crippen LogP contribution in [0.5, 0.6) is 5.75 Å². The molecule has 1 saturated heterocycles. The normalized spacial score (nSPS) is 13.4. The lowest BCUT2D eigenvalue weighted by Crippen LogP contribution is -2.36. The van der Waals surface area contributed by atoms with Crippen molar-refractivity contribution in [3.05, 3.63) is 90.0 Å². The van der Waals surface area contributed by atoms with E-state index < -0.39 is 0 Å². The molecule has 0 radical (unpaired) electrons. The Balaban J connectivity index is 1.32. The topological polar surface area (TPSA) is 58.6 Å². The molecule has 2 amide bonds. The summed E-state index contributed by atoms with van der Waals surface area (Å²) in [6, 6.07) is 24.5. The van der Waals surface area contributed by atoms with E-state index >= 15 is 0 Å². The van der Waals surface area contributed by atoms with Crippen molar-refractivity contribution >= 4 is 29.3 Å². The summed E-state index contributed by atoms with van der Waals surface area (Å²) in [5, 5.41) is 2.91. The largest absolute Gasteiger partial charge is 0.493 e. The molecular formula is C27H28N2O3S. The maximum atomic E-state index is 13.0. The van der Waals surface area contributed by atoms with Crippen LogP contribution in [0.4, 0.5) is 5.69 Å². The molecule has 1 heterocycles. The molecule has 6 heteroatoms. The molecule has 170 valence electrons. The predicted octanol–water partition coefficient (Wildman–Crippen LogP) is 5.74. The van der Waals surface area contributed by atoms with E-state index in [1.54, 1.807) is 48.2 Å². The lowest BCUT2D eigenvalue weighted by molar-refractivity contribution is 0.0725. The second-order valence-electron chi connectivity index (χ2n) is 7.89. The van der Waals surface area contributed by atoms with Gasteiger partial charge < -0.3 is 15.0 Å². The van der Waals surface area contributed by atoms with E-state index in [4.69, 9.17) is 4.74 Å². The van der Waals surface area contributed by atoms with Crippen LogP contribution in [-0.2, 0) is 0 Å². The summed E-state index contributed by atoms with van der Waals surface area (Å²) in [4.78, 5) is 28.9. The fourth-order valence-electron chi connectivity index (χ4n) is 3.78. The third-order valence-electron chi connectivity index (χ3n) is 5.53. The highest BCUT2D eigenvalue weighted by Gasteiger charge is 2.21. The smallest absolute Gasteiger partial charge is 0.255 e. The number of rotatable bonds is 8. The first kappa shape index (κ1) is 22.9. The second-order valence-corrected chi connectivity index (χ2v) is 9.06. The van der Waals surface area contributed by atoms with Gasteiger partial charge in [0.2, 0.25) is 0 Å². The van der Waals surface area contributed by atoms with Crippen molar-refractivity contribution in [2.75, 3.05) is 30.8 Å². The molecule has 0 spiro atoms. The first-order valence-corrected chi connectivity index (χ1v) is 12.3. The van der Waals surface area contributed by atoms with Gasteiger partial charge in [0.25, 0.3) is 11.8 Å². The van der Waals surface area contributed by atoms with Gasteiger partial charge in [-0.2, -0.15) is 0 Å². The Kier molecular flexibility index (Phi) is 8.04.